The summed E-state index contributed by atoms with van der Waals surface area (Å²) in [5, 5.41) is 9.32. The number of carbonyl (C=O) groups is 1. The van der Waals surface area contributed by atoms with E-state index in [-0.39, 0.29) is 5.57 Å². The summed E-state index contributed by atoms with van der Waals surface area (Å²) in [6.45, 7) is 6.20. The van der Waals surface area contributed by atoms with Crippen molar-refractivity contribution >= 4 is 5.97 Å². The van der Waals surface area contributed by atoms with E-state index in [0.29, 0.717) is 19.8 Å². The number of alkyl halides is 3. The smallest absolute Gasteiger partial charge is 0.419 e. The Morgan fingerprint density at radius 2 is 2.05 bits per heavy atom. The molecule has 0 saturated heterocycles. The van der Waals surface area contributed by atoms with Gasteiger partial charge in [-0.25, -0.2) is 4.79 Å². The number of ether oxygens (including phenoxy) is 2. The van der Waals surface area contributed by atoms with Crippen LogP contribution in [0.2, 0.25) is 0 Å². The molecule has 0 heterocycles. The Kier molecular flexibility index (Phi) is 4.55. The van der Waals surface area contributed by atoms with E-state index in [1.54, 1.807) is 6.92 Å². The second kappa shape index (κ2) is 5.37. The van der Waals surface area contributed by atoms with Crippen LogP contribution in [0.5, 0.6) is 0 Å². The number of hydrogen-bond acceptors (Lipinski definition) is 4. The van der Waals surface area contributed by atoms with Crippen molar-refractivity contribution in [2.45, 2.75) is 57.1 Å². The van der Waals surface area contributed by atoms with E-state index >= 15 is 0 Å². The van der Waals surface area contributed by atoms with E-state index < -0.39 is 36.1 Å². The van der Waals surface area contributed by atoms with Gasteiger partial charge in [0.1, 0.15) is 11.7 Å². The third kappa shape index (κ3) is 3.52. The van der Waals surface area contributed by atoms with Gasteiger partial charge in [0.15, 0.2) is 5.60 Å². The van der Waals surface area contributed by atoms with Crippen LogP contribution in [0.15, 0.2) is 12.2 Å². The van der Waals surface area contributed by atoms with E-state index in [0.717, 1.165) is 0 Å². The summed E-state index contributed by atoms with van der Waals surface area (Å²) in [5.74, 6) is -0.605. The average Bonchev–Trinajstić information content (AvgIpc) is 2.29. The molecular weight excluding hydrogens is 277 g/mol. The molecule has 0 radical (unpaired) electrons. The van der Waals surface area contributed by atoms with E-state index in [4.69, 9.17) is 9.47 Å². The third-order valence-corrected chi connectivity index (χ3v) is 3.48. The zero-order valence-corrected chi connectivity index (χ0v) is 11.7. The Morgan fingerprint density at radius 3 is 2.40 bits per heavy atom. The number of carbonyl (C=O) groups excluding carboxylic acids is 1. The maximum absolute atomic E-state index is 12.5. The molecule has 3 atom stereocenters. The molecule has 3 unspecified atom stereocenters. The predicted octanol–water partition coefficient (Wildman–Crippen LogP) is 2.36. The molecule has 4 nitrogen and oxygen atoms in total. The zero-order valence-electron chi connectivity index (χ0n) is 11.7. The molecule has 116 valence electrons. The van der Waals surface area contributed by atoms with E-state index in [9.17, 15) is 23.1 Å². The van der Waals surface area contributed by atoms with Crippen molar-refractivity contribution < 1.29 is 32.5 Å². The molecule has 7 heteroatoms. The summed E-state index contributed by atoms with van der Waals surface area (Å²) in [4.78, 5) is 11.4. The molecule has 1 fully saturated rings. The van der Waals surface area contributed by atoms with Gasteiger partial charge in [-0.15, -0.1) is 0 Å². The van der Waals surface area contributed by atoms with Crippen LogP contribution in [0.1, 0.15) is 33.6 Å². The topological polar surface area (TPSA) is 55.8 Å². The van der Waals surface area contributed by atoms with E-state index in [1.807, 2.05) is 0 Å². The summed E-state index contributed by atoms with van der Waals surface area (Å²) in [5.41, 5.74) is -3.74. The average molecular weight is 296 g/mol. The first kappa shape index (κ1) is 17.0. The normalized spacial score (nSPS) is 29.2. The van der Waals surface area contributed by atoms with Crippen molar-refractivity contribution in [1.29, 1.82) is 0 Å². The standard InChI is InChI=1S/C13H19F3O4/c1-8(2)10(17)20-9-5-6-11(9,3)19-7-12(4,18)13(14,15)16/h9,18H,1,5-7H2,2-4H3. The van der Waals surface area contributed by atoms with Crippen LogP contribution in [0.4, 0.5) is 13.2 Å². The molecule has 0 aromatic carbocycles. The summed E-state index contributed by atoms with van der Waals surface area (Å²) >= 11 is 0. The molecule has 1 saturated carbocycles. The molecule has 1 N–H and O–H groups in total. The second-order valence-electron chi connectivity index (χ2n) is 5.59. The lowest BCUT2D eigenvalue weighted by Crippen LogP contribution is -2.57. The van der Waals surface area contributed by atoms with Crippen LogP contribution in [-0.2, 0) is 14.3 Å². The number of aliphatic hydroxyl groups is 1. The fourth-order valence-electron chi connectivity index (χ4n) is 1.63. The van der Waals surface area contributed by atoms with E-state index in [1.165, 1.54) is 6.92 Å². The van der Waals surface area contributed by atoms with Gasteiger partial charge in [0.2, 0.25) is 0 Å². The van der Waals surface area contributed by atoms with Crippen LogP contribution < -0.4 is 0 Å². The minimum Gasteiger partial charge on any atom is -0.456 e. The van der Waals surface area contributed by atoms with Gasteiger partial charge in [0, 0.05) is 5.57 Å². The van der Waals surface area contributed by atoms with Crippen LogP contribution in [0.3, 0.4) is 0 Å². The van der Waals surface area contributed by atoms with Crippen molar-refractivity contribution in [3.8, 4) is 0 Å². The highest BCUT2D eigenvalue weighted by Crippen LogP contribution is 2.40. The lowest BCUT2D eigenvalue weighted by Gasteiger charge is -2.46. The van der Waals surface area contributed by atoms with Gasteiger partial charge >= 0.3 is 12.1 Å². The Labute approximate surface area is 115 Å². The Bertz CT molecular complexity index is 403. The molecule has 1 aliphatic carbocycles. The molecule has 1 rings (SSSR count). The molecule has 0 spiro atoms. The maximum Gasteiger partial charge on any atom is 0.419 e. The Balaban J connectivity index is 2.59. The number of esters is 1. The maximum atomic E-state index is 12.5. The summed E-state index contributed by atoms with van der Waals surface area (Å²) in [7, 11) is 0. The monoisotopic (exact) mass is 296 g/mol. The van der Waals surface area contributed by atoms with Gasteiger partial charge < -0.3 is 14.6 Å². The van der Waals surface area contributed by atoms with Gasteiger partial charge in [0.05, 0.1) is 6.61 Å². The molecular formula is C13H19F3O4. The quantitative estimate of drug-likeness (QED) is 0.625. The van der Waals surface area contributed by atoms with Gasteiger partial charge in [-0.3, -0.25) is 0 Å². The first-order valence-corrected chi connectivity index (χ1v) is 6.18. The molecule has 20 heavy (non-hydrogen) atoms. The third-order valence-electron chi connectivity index (χ3n) is 3.48. The molecule has 0 aromatic heterocycles. The summed E-state index contributed by atoms with van der Waals surface area (Å²) in [6.07, 6.45) is -4.45. The minimum absolute atomic E-state index is 0.210. The van der Waals surface area contributed by atoms with Crippen molar-refractivity contribution in [2.24, 2.45) is 0 Å². The highest BCUT2D eigenvalue weighted by atomic mass is 19.4. The van der Waals surface area contributed by atoms with Crippen molar-refractivity contribution in [3.63, 3.8) is 0 Å². The van der Waals surface area contributed by atoms with Crippen molar-refractivity contribution in [1.82, 2.24) is 0 Å². The lowest BCUT2D eigenvalue weighted by atomic mass is 9.78. The van der Waals surface area contributed by atoms with Crippen molar-refractivity contribution in [2.75, 3.05) is 6.61 Å². The van der Waals surface area contributed by atoms with Gasteiger partial charge in [0.25, 0.3) is 0 Å². The highest BCUT2D eigenvalue weighted by Gasteiger charge is 2.53. The molecule has 1 aliphatic rings. The zero-order chi connectivity index (χ0) is 15.8. The molecule has 0 aliphatic heterocycles. The Hall–Kier alpha value is -1.08. The van der Waals surface area contributed by atoms with Crippen molar-refractivity contribution in [3.05, 3.63) is 12.2 Å². The minimum atomic E-state index is -4.78. The predicted molar refractivity (Wildman–Crippen MR) is 65.0 cm³/mol. The Morgan fingerprint density at radius 1 is 1.50 bits per heavy atom. The fourth-order valence-corrected chi connectivity index (χ4v) is 1.63. The van der Waals surface area contributed by atoms with Gasteiger partial charge in [-0.1, -0.05) is 6.58 Å². The molecule has 0 aromatic rings. The lowest BCUT2D eigenvalue weighted by molar-refractivity contribution is -0.289. The van der Waals surface area contributed by atoms with E-state index in [2.05, 4.69) is 6.58 Å². The highest BCUT2D eigenvalue weighted by molar-refractivity contribution is 5.87. The van der Waals surface area contributed by atoms with Crippen LogP contribution in [-0.4, -0.2) is 41.2 Å². The number of rotatable bonds is 5. The van der Waals surface area contributed by atoms with Crippen LogP contribution in [0, 0.1) is 0 Å². The molecule has 0 amide bonds. The SMILES string of the molecule is C=C(C)C(=O)OC1CCC1(C)OCC(C)(O)C(F)(F)F. The number of hydrogen-bond donors (Lipinski definition) is 1. The first-order chi connectivity index (χ1) is 8.89. The largest absolute Gasteiger partial charge is 0.456 e. The summed E-state index contributed by atoms with van der Waals surface area (Å²) in [6, 6.07) is 0. The second-order valence-corrected chi connectivity index (χ2v) is 5.59. The molecule has 0 bridgehead atoms. The van der Waals surface area contributed by atoms with Gasteiger partial charge in [-0.05, 0) is 33.6 Å². The van der Waals surface area contributed by atoms with Gasteiger partial charge in [-0.2, -0.15) is 13.2 Å². The first-order valence-electron chi connectivity index (χ1n) is 6.18. The fraction of sp³-hybridized carbons (Fsp3) is 0.769. The van der Waals surface area contributed by atoms with Crippen LogP contribution in [0.25, 0.3) is 0 Å². The summed E-state index contributed by atoms with van der Waals surface area (Å²) < 4.78 is 47.8. The number of halogens is 3. The van der Waals surface area contributed by atoms with Crippen LogP contribution >= 0.6 is 0 Å².